The molecule has 0 bridgehead atoms. The van der Waals surface area contributed by atoms with E-state index < -0.39 is 11.9 Å². The molecule has 0 aliphatic carbocycles. The normalized spacial score (nSPS) is 10.6. The molecule has 0 unspecified atom stereocenters. The van der Waals surface area contributed by atoms with Crippen molar-refractivity contribution < 1.29 is 38.4 Å². The average Bonchev–Trinajstić information content (AvgIpc) is 2.84. The minimum Gasteiger partial charge on any atom is -0.503 e. The predicted molar refractivity (Wildman–Crippen MR) is 130 cm³/mol. The number of halogens is 1. The van der Waals surface area contributed by atoms with Crippen LogP contribution in [0.2, 0.25) is 0 Å². The zero-order chi connectivity index (χ0) is 25.0. The summed E-state index contributed by atoms with van der Waals surface area (Å²) in [5, 5.41) is 11.5. The highest BCUT2D eigenvalue weighted by atomic mass is 79.9. The maximum absolute atomic E-state index is 13.0. The Kier molecular flexibility index (Phi) is 7.88. The average molecular weight is 533 g/mol. The Morgan fingerprint density at radius 3 is 2.03 bits per heavy atom. The van der Waals surface area contributed by atoms with Crippen LogP contribution >= 0.6 is 15.9 Å². The fourth-order valence-corrected chi connectivity index (χ4v) is 4.15. The lowest BCUT2D eigenvalue weighted by molar-refractivity contribution is 0.0556. The van der Waals surface area contributed by atoms with Gasteiger partial charge in [0.15, 0.2) is 23.0 Å². The van der Waals surface area contributed by atoms with Gasteiger partial charge < -0.3 is 28.8 Å². The molecule has 0 aliphatic heterocycles. The molecule has 1 N–H and O–H groups in total. The van der Waals surface area contributed by atoms with Gasteiger partial charge in [0.25, 0.3) is 0 Å². The fourth-order valence-electron chi connectivity index (χ4n) is 3.70. The van der Waals surface area contributed by atoms with Gasteiger partial charge in [-0.25, -0.2) is 9.59 Å². The standard InChI is InChI=1S/C25H25BrO8/c1-6-33-18-10-13-8-16(24(28)31-4)22(25(29)32-5)21(15(13)12-19(18)34-7-2)14-9-17(26)23(27)20(11-14)30-3/h8-12,27H,6-7H2,1-5H3. The quantitative estimate of drug-likeness (QED) is 0.387. The molecule has 0 aliphatic rings. The summed E-state index contributed by atoms with van der Waals surface area (Å²) in [7, 11) is 3.88. The van der Waals surface area contributed by atoms with Crippen molar-refractivity contribution in [3.63, 3.8) is 0 Å². The second-order valence-corrected chi connectivity index (χ2v) is 7.91. The van der Waals surface area contributed by atoms with Gasteiger partial charge in [-0.05, 0) is 76.4 Å². The molecule has 180 valence electrons. The van der Waals surface area contributed by atoms with Crippen molar-refractivity contribution in [2.45, 2.75) is 13.8 Å². The van der Waals surface area contributed by atoms with Gasteiger partial charge in [0, 0.05) is 5.56 Å². The van der Waals surface area contributed by atoms with Crippen molar-refractivity contribution in [2.75, 3.05) is 34.5 Å². The van der Waals surface area contributed by atoms with Gasteiger partial charge in [0.2, 0.25) is 0 Å². The van der Waals surface area contributed by atoms with Crippen LogP contribution in [-0.2, 0) is 9.47 Å². The molecule has 0 radical (unpaired) electrons. The number of hydrogen-bond acceptors (Lipinski definition) is 8. The first-order valence-corrected chi connectivity index (χ1v) is 11.2. The molecule has 0 saturated heterocycles. The lowest BCUT2D eigenvalue weighted by Gasteiger charge is -2.19. The molecule has 8 nitrogen and oxygen atoms in total. The van der Waals surface area contributed by atoms with E-state index in [1.165, 1.54) is 21.3 Å². The van der Waals surface area contributed by atoms with E-state index in [4.69, 9.17) is 23.7 Å². The number of ether oxygens (including phenoxy) is 5. The van der Waals surface area contributed by atoms with Crippen LogP contribution in [0.25, 0.3) is 21.9 Å². The van der Waals surface area contributed by atoms with Gasteiger partial charge >= 0.3 is 11.9 Å². The number of benzene rings is 3. The van der Waals surface area contributed by atoms with E-state index in [1.54, 1.807) is 30.3 Å². The molecule has 0 atom stereocenters. The molecular weight excluding hydrogens is 508 g/mol. The zero-order valence-corrected chi connectivity index (χ0v) is 21.1. The molecular formula is C25H25BrO8. The Labute approximate surface area is 205 Å². The van der Waals surface area contributed by atoms with Crippen LogP contribution in [0.1, 0.15) is 34.6 Å². The Morgan fingerprint density at radius 2 is 1.47 bits per heavy atom. The van der Waals surface area contributed by atoms with Gasteiger partial charge in [-0.3, -0.25) is 0 Å². The number of hydrogen-bond donors (Lipinski definition) is 1. The van der Waals surface area contributed by atoms with Gasteiger partial charge in [0.1, 0.15) is 0 Å². The number of rotatable bonds is 8. The van der Waals surface area contributed by atoms with Gasteiger partial charge in [-0.2, -0.15) is 0 Å². The lowest BCUT2D eigenvalue weighted by Crippen LogP contribution is -2.14. The number of esters is 2. The summed E-state index contributed by atoms with van der Waals surface area (Å²) < 4.78 is 27.2. The van der Waals surface area contributed by atoms with Crippen molar-refractivity contribution in [3.05, 3.63) is 45.9 Å². The third kappa shape index (κ3) is 4.61. The number of aromatic hydroxyl groups is 1. The summed E-state index contributed by atoms with van der Waals surface area (Å²) in [6, 6.07) is 8.24. The molecule has 0 saturated carbocycles. The lowest BCUT2D eigenvalue weighted by atomic mass is 9.89. The van der Waals surface area contributed by atoms with E-state index in [9.17, 15) is 14.7 Å². The number of methoxy groups -OCH3 is 3. The van der Waals surface area contributed by atoms with Crippen molar-refractivity contribution >= 4 is 38.6 Å². The van der Waals surface area contributed by atoms with Gasteiger partial charge in [-0.1, -0.05) is 0 Å². The third-order valence-corrected chi connectivity index (χ3v) is 5.74. The third-order valence-electron chi connectivity index (χ3n) is 5.14. The van der Waals surface area contributed by atoms with E-state index in [-0.39, 0.29) is 22.6 Å². The number of fused-ring (bicyclic) bond motifs is 1. The first-order chi connectivity index (χ1) is 16.3. The Hall–Kier alpha value is -3.46. The maximum atomic E-state index is 13.0. The van der Waals surface area contributed by atoms with E-state index in [2.05, 4.69) is 15.9 Å². The zero-order valence-electron chi connectivity index (χ0n) is 19.5. The monoisotopic (exact) mass is 532 g/mol. The smallest absolute Gasteiger partial charge is 0.339 e. The molecule has 3 aromatic rings. The van der Waals surface area contributed by atoms with Crippen LogP contribution in [-0.4, -0.2) is 51.6 Å². The van der Waals surface area contributed by atoms with Crippen LogP contribution < -0.4 is 14.2 Å². The molecule has 0 amide bonds. The van der Waals surface area contributed by atoms with Crippen LogP contribution in [0.3, 0.4) is 0 Å². The number of phenols is 1. The summed E-state index contributed by atoms with van der Waals surface area (Å²) in [5.41, 5.74) is 0.900. The molecule has 0 fully saturated rings. The van der Waals surface area contributed by atoms with Crippen LogP contribution in [0.15, 0.2) is 34.8 Å². The van der Waals surface area contributed by atoms with Crippen molar-refractivity contribution in [3.8, 4) is 34.1 Å². The topological polar surface area (TPSA) is 101 Å². The Bertz CT molecular complexity index is 1250. The van der Waals surface area contributed by atoms with Crippen LogP contribution in [0.5, 0.6) is 23.0 Å². The fraction of sp³-hybridized carbons (Fsp3) is 0.280. The van der Waals surface area contributed by atoms with E-state index in [0.29, 0.717) is 51.1 Å². The summed E-state index contributed by atoms with van der Waals surface area (Å²) in [4.78, 5) is 25.7. The van der Waals surface area contributed by atoms with Crippen molar-refractivity contribution in [2.24, 2.45) is 0 Å². The van der Waals surface area contributed by atoms with Gasteiger partial charge in [-0.15, -0.1) is 0 Å². The Balaban J connectivity index is 2.56. The molecule has 3 rings (SSSR count). The minimum absolute atomic E-state index is 0.00750. The van der Waals surface area contributed by atoms with Crippen molar-refractivity contribution in [1.82, 2.24) is 0 Å². The second kappa shape index (κ2) is 10.6. The van der Waals surface area contributed by atoms with E-state index in [0.717, 1.165) is 0 Å². The molecule has 3 aromatic carbocycles. The molecule has 0 aromatic heterocycles. The molecule has 9 heteroatoms. The van der Waals surface area contributed by atoms with Crippen LogP contribution in [0.4, 0.5) is 0 Å². The highest BCUT2D eigenvalue weighted by Gasteiger charge is 2.28. The summed E-state index contributed by atoms with van der Waals surface area (Å²) >= 11 is 3.33. The first-order valence-electron chi connectivity index (χ1n) is 10.4. The van der Waals surface area contributed by atoms with Crippen molar-refractivity contribution in [1.29, 1.82) is 0 Å². The predicted octanol–water partition coefficient (Wildman–Crippen LogP) is 5.35. The molecule has 34 heavy (non-hydrogen) atoms. The highest BCUT2D eigenvalue weighted by Crippen LogP contribution is 2.45. The van der Waals surface area contributed by atoms with Crippen LogP contribution in [0, 0.1) is 0 Å². The van der Waals surface area contributed by atoms with E-state index >= 15 is 0 Å². The SMILES string of the molecule is CCOc1cc2cc(C(=O)OC)c(C(=O)OC)c(-c3cc(Br)c(O)c(OC)c3)c2cc1OCC. The first kappa shape index (κ1) is 25.2. The summed E-state index contributed by atoms with van der Waals surface area (Å²) in [5.74, 6) is -0.397. The summed E-state index contributed by atoms with van der Waals surface area (Å²) in [6.45, 7) is 4.50. The Morgan fingerprint density at radius 1 is 0.853 bits per heavy atom. The maximum Gasteiger partial charge on any atom is 0.339 e. The molecule has 0 heterocycles. The summed E-state index contributed by atoms with van der Waals surface area (Å²) in [6.07, 6.45) is 0. The van der Waals surface area contributed by atoms with E-state index in [1.807, 2.05) is 13.8 Å². The molecule has 0 spiro atoms. The highest BCUT2D eigenvalue weighted by molar-refractivity contribution is 9.10. The second-order valence-electron chi connectivity index (χ2n) is 7.05. The number of phenolic OH excluding ortho intramolecular Hbond substituents is 1. The number of carbonyl (C=O) groups is 2. The van der Waals surface area contributed by atoms with Gasteiger partial charge in [0.05, 0.1) is 50.1 Å². The largest absolute Gasteiger partial charge is 0.503 e. The number of carbonyl (C=O) groups excluding carboxylic acids is 2. The minimum atomic E-state index is -0.729.